The molecule has 1 aromatic rings. The van der Waals surface area contributed by atoms with Gasteiger partial charge in [0, 0.05) is 6.07 Å². The Morgan fingerprint density at radius 3 is 2.10 bits per heavy atom. The minimum absolute atomic E-state index is 0.386. The van der Waals surface area contributed by atoms with E-state index in [0.717, 1.165) is 0 Å². The summed E-state index contributed by atoms with van der Waals surface area (Å²) in [5.41, 5.74) is -2.54. The summed E-state index contributed by atoms with van der Waals surface area (Å²) in [6, 6.07) is -2.03. The molecule has 0 heterocycles. The maximum atomic E-state index is 13.8. The summed E-state index contributed by atoms with van der Waals surface area (Å²) in [5, 5.41) is 44.2. The number of carbonyl (C=O) groups is 3. The number of rotatable bonds is 10. The Labute approximate surface area is 161 Å². The van der Waals surface area contributed by atoms with Crippen LogP contribution in [0.1, 0.15) is 20.3 Å². The molecule has 0 radical (unpaired) electrons. The Bertz CT molecular complexity index is 860. The lowest BCUT2D eigenvalue weighted by Gasteiger charge is -2.23. The van der Waals surface area contributed by atoms with Crippen LogP contribution in [0.15, 0.2) is 12.1 Å². The van der Waals surface area contributed by atoms with Gasteiger partial charge in [-0.05, 0) is 12.8 Å². The van der Waals surface area contributed by atoms with E-state index in [1.807, 2.05) is 0 Å². The SMILES string of the molecule is C[C@H](Nc1cc(F)c([N+](=O)[O-])cc1[N+](=O)[O-])C(=O)N[C@H](C(=O)O)[C@@H](C)CC(=O)O. The number of benzene rings is 1. The molecule has 1 rings (SSSR count). The first-order valence-corrected chi connectivity index (χ1v) is 7.99. The van der Waals surface area contributed by atoms with Crippen LogP contribution in [0, 0.1) is 32.0 Å². The van der Waals surface area contributed by atoms with Gasteiger partial charge in [-0.25, -0.2) is 4.79 Å². The summed E-state index contributed by atoms with van der Waals surface area (Å²) in [7, 11) is 0. The monoisotopic (exact) mass is 416 g/mol. The van der Waals surface area contributed by atoms with Gasteiger partial charge in [0.2, 0.25) is 11.7 Å². The molecule has 13 nitrogen and oxygen atoms in total. The lowest BCUT2D eigenvalue weighted by atomic mass is 9.98. The molecule has 3 atom stereocenters. The Morgan fingerprint density at radius 1 is 1.10 bits per heavy atom. The third-order valence-corrected chi connectivity index (χ3v) is 3.85. The maximum Gasteiger partial charge on any atom is 0.326 e. The van der Waals surface area contributed by atoms with Crippen molar-refractivity contribution in [3.8, 4) is 0 Å². The first-order chi connectivity index (χ1) is 13.3. The Morgan fingerprint density at radius 2 is 1.66 bits per heavy atom. The van der Waals surface area contributed by atoms with E-state index in [0.29, 0.717) is 12.1 Å². The average Bonchev–Trinajstić information content (AvgIpc) is 2.57. The number of amides is 1. The minimum atomic E-state index is -1.56. The highest BCUT2D eigenvalue weighted by molar-refractivity contribution is 5.89. The van der Waals surface area contributed by atoms with Crippen LogP contribution in [0.25, 0.3) is 0 Å². The second-order valence-electron chi connectivity index (χ2n) is 6.10. The van der Waals surface area contributed by atoms with E-state index in [1.165, 1.54) is 13.8 Å². The van der Waals surface area contributed by atoms with Crippen LogP contribution in [0.2, 0.25) is 0 Å². The van der Waals surface area contributed by atoms with Gasteiger partial charge in [0.25, 0.3) is 5.69 Å². The molecule has 0 aliphatic heterocycles. The molecule has 4 N–H and O–H groups in total. The Kier molecular flexibility index (Phi) is 7.51. The van der Waals surface area contributed by atoms with Gasteiger partial charge < -0.3 is 20.8 Å². The zero-order valence-electron chi connectivity index (χ0n) is 15.1. The van der Waals surface area contributed by atoms with E-state index in [1.54, 1.807) is 0 Å². The summed E-state index contributed by atoms with van der Waals surface area (Å²) in [4.78, 5) is 53.9. The standard InChI is InChI=1S/C15H17FN4O9/c1-6(3-12(21)22)13(15(24)25)18-14(23)7(2)17-9-4-8(16)10(19(26)27)5-11(9)20(28)29/h4-7,13,17H,3H2,1-2H3,(H,18,23)(H,21,22)(H,24,25)/t6-,7-,13-/m0/s1. The van der Waals surface area contributed by atoms with Gasteiger partial charge in [-0.3, -0.25) is 29.8 Å². The van der Waals surface area contributed by atoms with Crippen molar-refractivity contribution in [1.82, 2.24) is 5.32 Å². The molecule has 0 bridgehead atoms. The highest BCUT2D eigenvalue weighted by atomic mass is 19.1. The second kappa shape index (κ2) is 9.38. The second-order valence-corrected chi connectivity index (χ2v) is 6.10. The molecular weight excluding hydrogens is 399 g/mol. The number of carbonyl (C=O) groups excluding carboxylic acids is 1. The molecule has 0 unspecified atom stereocenters. The van der Waals surface area contributed by atoms with Crippen molar-refractivity contribution >= 4 is 34.9 Å². The first-order valence-electron chi connectivity index (χ1n) is 7.99. The molecule has 0 fully saturated rings. The number of nitro benzene ring substituents is 2. The van der Waals surface area contributed by atoms with E-state index in [2.05, 4.69) is 10.6 Å². The van der Waals surface area contributed by atoms with Crippen LogP contribution < -0.4 is 10.6 Å². The Balaban J connectivity index is 3.06. The number of nitrogens with one attached hydrogen (secondary N) is 2. The molecular formula is C15H17FN4O9. The summed E-state index contributed by atoms with van der Waals surface area (Å²) in [6.45, 7) is 2.47. The number of hydrogen-bond donors (Lipinski definition) is 4. The van der Waals surface area contributed by atoms with Crippen LogP contribution in [-0.4, -0.2) is 50.0 Å². The van der Waals surface area contributed by atoms with E-state index >= 15 is 0 Å². The van der Waals surface area contributed by atoms with Crippen LogP contribution in [-0.2, 0) is 14.4 Å². The number of hydrogen-bond acceptors (Lipinski definition) is 8. The zero-order valence-corrected chi connectivity index (χ0v) is 15.1. The zero-order chi connectivity index (χ0) is 22.5. The molecule has 14 heteroatoms. The van der Waals surface area contributed by atoms with Crippen molar-refractivity contribution in [2.45, 2.75) is 32.4 Å². The van der Waals surface area contributed by atoms with Gasteiger partial charge in [-0.1, -0.05) is 6.92 Å². The van der Waals surface area contributed by atoms with Gasteiger partial charge in [-0.15, -0.1) is 0 Å². The quantitative estimate of drug-likeness (QED) is 0.316. The third kappa shape index (κ3) is 6.08. The van der Waals surface area contributed by atoms with Crippen LogP contribution >= 0.6 is 0 Å². The molecule has 29 heavy (non-hydrogen) atoms. The molecule has 0 aliphatic rings. The van der Waals surface area contributed by atoms with Crippen molar-refractivity contribution in [2.24, 2.45) is 5.92 Å². The normalized spacial score (nSPS) is 13.6. The van der Waals surface area contributed by atoms with E-state index in [9.17, 15) is 44.1 Å². The Hall–Kier alpha value is -3.84. The topological polar surface area (TPSA) is 202 Å². The number of anilines is 1. The van der Waals surface area contributed by atoms with E-state index < -0.39 is 75.0 Å². The van der Waals surface area contributed by atoms with Gasteiger partial charge in [0.1, 0.15) is 17.8 Å². The molecule has 0 aromatic heterocycles. The molecule has 1 amide bonds. The number of nitro groups is 2. The van der Waals surface area contributed by atoms with Gasteiger partial charge in [0.15, 0.2) is 0 Å². The van der Waals surface area contributed by atoms with Crippen molar-refractivity contribution in [3.05, 3.63) is 38.2 Å². The van der Waals surface area contributed by atoms with Gasteiger partial charge in [0.05, 0.1) is 22.3 Å². The minimum Gasteiger partial charge on any atom is -0.481 e. The highest BCUT2D eigenvalue weighted by Gasteiger charge is 2.31. The molecule has 0 saturated carbocycles. The number of carboxylic acids is 2. The van der Waals surface area contributed by atoms with Crippen LogP contribution in [0.4, 0.5) is 21.5 Å². The van der Waals surface area contributed by atoms with Crippen molar-refractivity contribution in [1.29, 1.82) is 0 Å². The van der Waals surface area contributed by atoms with Crippen molar-refractivity contribution in [2.75, 3.05) is 5.32 Å². The van der Waals surface area contributed by atoms with Crippen molar-refractivity contribution < 1.29 is 38.8 Å². The fourth-order valence-electron chi connectivity index (χ4n) is 2.38. The van der Waals surface area contributed by atoms with Crippen LogP contribution in [0.5, 0.6) is 0 Å². The molecule has 1 aromatic carbocycles. The molecule has 158 valence electrons. The third-order valence-electron chi connectivity index (χ3n) is 3.85. The number of halogens is 1. The lowest BCUT2D eigenvalue weighted by Crippen LogP contribution is -2.50. The fourth-order valence-corrected chi connectivity index (χ4v) is 2.38. The fraction of sp³-hybridized carbons (Fsp3) is 0.400. The van der Waals surface area contributed by atoms with E-state index in [4.69, 9.17) is 5.11 Å². The maximum absolute atomic E-state index is 13.8. The van der Waals surface area contributed by atoms with Crippen molar-refractivity contribution in [3.63, 3.8) is 0 Å². The predicted octanol–water partition coefficient (Wildman–Crippen LogP) is 1.12. The summed E-state index contributed by atoms with van der Waals surface area (Å²) in [5.74, 6) is -6.10. The summed E-state index contributed by atoms with van der Waals surface area (Å²) >= 11 is 0. The van der Waals surface area contributed by atoms with Crippen LogP contribution in [0.3, 0.4) is 0 Å². The lowest BCUT2D eigenvalue weighted by molar-refractivity contribution is -0.395. The molecule has 0 aliphatic carbocycles. The molecule has 0 spiro atoms. The number of nitrogens with zero attached hydrogens (tertiary/aromatic N) is 2. The predicted molar refractivity (Wildman–Crippen MR) is 93.8 cm³/mol. The van der Waals surface area contributed by atoms with Gasteiger partial charge >= 0.3 is 17.6 Å². The largest absolute Gasteiger partial charge is 0.481 e. The number of aliphatic carboxylic acids is 2. The number of carboxylic acid groups (broad SMARTS) is 2. The molecule has 0 saturated heterocycles. The summed E-state index contributed by atoms with van der Waals surface area (Å²) in [6.07, 6.45) is -0.544. The van der Waals surface area contributed by atoms with Gasteiger partial charge in [-0.2, -0.15) is 4.39 Å². The highest BCUT2D eigenvalue weighted by Crippen LogP contribution is 2.32. The first kappa shape index (κ1) is 23.2. The smallest absolute Gasteiger partial charge is 0.326 e. The summed E-state index contributed by atoms with van der Waals surface area (Å²) < 4.78 is 13.8. The average molecular weight is 416 g/mol. The van der Waals surface area contributed by atoms with E-state index in [-0.39, 0.29) is 0 Å².